The number of fused-ring (bicyclic) bond motifs is 1. The second kappa shape index (κ2) is 10.1. The van der Waals surface area contributed by atoms with Gasteiger partial charge in [0, 0.05) is 11.1 Å². The molecule has 34 heavy (non-hydrogen) atoms. The molecule has 0 unspecified atom stereocenters. The first-order valence-electron chi connectivity index (χ1n) is 9.65. The molecular weight excluding hydrogens is 525 g/mol. The summed E-state index contributed by atoms with van der Waals surface area (Å²) in [6.07, 6.45) is 0. The van der Waals surface area contributed by atoms with Crippen molar-refractivity contribution in [1.29, 1.82) is 0 Å². The molecule has 0 heterocycles. The summed E-state index contributed by atoms with van der Waals surface area (Å²) in [5.41, 5.74) is -0.441. The molecule has 4 aromatic rings. The van der Waals surface area contributed by atoms with Crippen molar-refractivity contribution in [3.8, 4) is 11.5 Å². The average molecular weight is 538 g/mol. The van der Waals surface area contributed by atoms with E-state index in [0.717, 1.165) is 29.0 Å². The third-order valence-electron chi connectivity index (χ3n) is 4.71. The number of nitrogens with one attached hydrogen (secondary N) is 2. The van der Waals surface area contributed by atoms with Crippen LogP contribution in [-0.2, 0) is 0 Å². The maximum Gasteiger partial charge on any atom is 0.263 e. The number of hydrogen-bond donors (Lipinski definition) is 2. The molecule has 10 heteroatoms. The van der Waals surface area contributed by atoms with Gasteiger partial charge in [-0.15, -0.1) is 0 Å². The summed E-state index contributed by atoms with van der Waals surface area (Å²) in [5.74, 6) is -2.52. The van der Waals surface area contributed by atoms with Gasteiger partial charge < -0.3 is 10.1 Å². The van der Waals surface area contributed by atoms with Crippen LogP contribution in [0.1, 0.15) is 10.4 Å². The largest absolute Gasteiger partial charge is 0.452 e. The molecule has 0 aliphatic carbocycles. The second-order valence-corrected chi connectivity index (χ2v) is 8.60. The maximum atomic E-state index is 13.8. The Morgan fingerprint density at radius 1 is 0.824 bits per heavy atom. The van der Waals surface area contributed by atoms with E-state index in [0.29, 0.717) is 16.5 Å². The lowest BCUT2D eigenvalue weighted by Crippen LogP contribution is -2.35. The van der Waals surface area contributed by atoms with E-state index in [-0.39, 0.29) is 20.9 Å². The van der Waals surface area contributed by atoms with E-state index in [2.05, 4.69) is 10.6 Å². The Hall–Kier alpha value is -2.97. The Kier molecular flexibility index (Phi) is 7.19. The molecule has 0 aromatic heterocycles. The van der Waals surface area contributed by atoms with Crippen LogP contribution in [-0.4, -0.2) is 11.0 Å². The van der Waals surface area contributed by atoms with Crippen molar-refractivity contribution in [2.24, 2.45) is 0 Å². The molecule has 4 rings (SSSR count). The molecule has 0 atom stereocenters. The minimum Gasteiger partial charge on any atom is -0.452 e. The van der Waals surface area contributed by atoms with E-state index in [1.165, 1.54) is 12.1 Å². The van der Waals surface area contributed by atoms with Gasteiger partial charge in [0.25, 0.3) is 5.91 Å². The quantitative estimate of drug-likeness (QED) is 0.259. The van der Waals surface area contributed by atoms with Crippen LogP contribution in [0.15, 0.2) is 66.7 Å². The fraction of sp³-hybridized carbons (Fsp3) is 0. The Morgan fingerprint density at radius 2 is 1.47 bits per heavy atom. The molecule has 4 nitrogen and oxygen atoms in total. The molecule has 0 saturated carbocycles. The smallest absolute Gasteiger partial charge is 0.263 e. The van der Waals surface area contributed by atoms with E-state index < -0.39 is 23.1 Å². The normalized spacial score (nSPS) is 10.7. The van der Waals surface area contributed by atoms with Crippen LogP contribution in [0.4, 0.5) is 14.5 Å². The zero-order valence-corrected chi connectivity index (χ0v) is 20.0. The van der Waals surface area contributed by atoms with Gasteiger partial charge in [-0.1, -0.05) is 71.2 Å². The lowest BCUT2D eigenvalue weighted by molar-refractivity contribution is 0.0969. The van der Waals surface area contributed by atoms with E-state index in [9.17, 15) is 13.6 Å². The molecule has 0 spiro atoms. The molecule has 0 fully saturated rings. The van der Waals surface area contributed by atoms with E-state index in [1.807, 2.05) is 30.3 Å². The Labute approximate surface area is 213 Å². The number of carbonyl (C=O) groups excluding carboxylic acids is 1. The SMILES string of the molecule is O=C(NC(=S)Nc1cc(Cl)c(Oc2c(Cl)ccc3ccccc23)c(Cl)c1)c1c(F)cccc1F. The Morgan fingerprint density at radius 3 is 2.15 bits per heavy atom. The van der Waals surface area contributed by atoms with Gasteiger partial charge in [0.05, 0.1) is 15.1 Å². The zero-order valence-electron chi connectivity index (χ0n) is 17.0. The van der Waals surface area contributed by atoms with E-state index in [4.69, 9.17) is 51.8 Å². The molecule has 0 saturated heterocycles. The maximum absolute atomic E-state index is 13.8. The fourth-order valence-electron chi connectivity index (χ4n) is 3.19. The minimum absolute atomic E-state index is 0.133. The average Bonchev–Trinajstić information content (AvgIpc) is 2.77. The highest BCUT2D eigenvalue weighted by Gasteiger charge is 2.19. The number of hydrogen-bond acceptors (Lipinski definition) is 3. The lowest BCUT2D eigenvalue weighted by atomic mass is 10.1. The molecule has 0 radical (unpaired) electrons. The number of anilines is 1. The van der Waals surface area contributed by atoms with Crippen molar-refractivity contribution >= 4 is 74.5 Å². The van der Waals surface area contributed by atoms with Gasteiger partial charge in [0.2, 0.25) is 0 Å². The van der Waals surface area contributed by atoms with Gasteiger partial charge in [-0.3, -0.25) is 10.1 Å². The fourth-order valence-corrected chi connectivity index (χ4v) is 4.17. The van der Waals surface area contributed by atoms with Crippen molar-refractivity contribution in [3.63, 3.8) is 0 Å². The summed E-state index contributed by atoms with van der Waals surface area (Å²) in [6, 6.07) is 17.1. The highest BCUT2D eigenvalue weighted by Crippen LogP contribution is 2.43. The van der Waals surface area contributed by atoms with Crippen molar-refractivity contribution in [2.75, 3.05) is 5.32 Å². The van der Waals surface area contributed by atoms with Gasteiger partial charge >= 0.3 is 0 Å². The monoisotopic (exact) mass is 536 g/mol. The van der Waals surface area contributed by atoms with E-state index >= 15 is 0 Å². The first-order valence-corrected chi connectivity index (χ1v) is 11.2. The number of halogens is 5. The standard InChI is InChI=1S/C24H13Cl3F2N2O2S/c25-15-9-8-12-4-1-2-5-14(12)21(15)33-22-16(26)10-13(11-17(22)27)30-24(34)31-23(32)20-18(28)6-3-7-19(20)29/h1-11H,(H2,30,31,32,34). The molecule has 0 aliphatic heterocycles. The predicted octanol–water partition coefficient (Wildman–Crippen LogP) is 8.00. The van der Waals surface area contributed by atoms with Crippen LogP contribution < -0.4 is 15.4 Å². The van der Waals surface area contributed by atoms with Crippen LogP contribution >= 0.6 is 47.0 Å². The van der Waals surface area contributed by atoms with Crippen molar-refractivity contribution in [3.05, 3.63) is 99.0 Å². The minimum atomic E-state index is -1.05. The third kappa shape index (κ3) is 5.08. The van der Waals surface area contributed by atoms with Gasteiger partial charge in [0.15, 0.2) is 16.6 Å². The predicted molar refractivity (Wildman–Crippen MR) is 136 cm³/mol. The first kappa shape index (κ1) is 24.2. The van der Waals surface area contributed by atoms with Crippen molar-refractivity contribution in [2.45, 2.75) is 0 Å². The summed E-state index contributed by atoms with van der Waals surface area (Å²) in [6.45, 7) is 0. The number of benzene rings is 4. The Balaban J connectivity index is 1.54. The van der Waals surface area contributed by atoms with Crippen LogP contribution in [0.2, 0.25) is 15.1 Å². The van der Waals surface area contributed by atoms with Gasteiger partial charge in [-0.05, 0) is 47.9 Å². The van der Waals surface area contributed by atoms with Gasteiger partial charge in [-0.25, -0.2) is 8.78 Å². The van der Waals surface area contributed by atoms with Crippen LogP contribution in [0, 0.1) is 11.6 Å². The number of carbonyl (C=O) groups is 1. The molecule has 2 N–H and O–H groups in total. The topological polar surface area (TPSA) is 50.4 Å². The van der Waals surface area contributed by atoms with Crippen LogP contribution in [0.3, 0.4) is 0 Å². The summed E-state index contributed by atoms with van der Waals surface area (Å²) in [4.78, 5) is 12.2. The lowest BCUT2D eigenvalue weighted by Gasteiger charge is -2.16. The second-order valence-electron chi connectivity index (χ2n) is 6.97. The number of thiocarbonyl (C=S) groups is 1. The third-order valence-corrected chi connectivity index (χ3v) is 5.77. The van der Waals surface area contributed by atoms with Crippen molar-refractivity contribution in [1.82, 2.24) is 5.32 Å². The van der Waals surface area contributed by atoms with Crippen LogP contribution in [0.25, 0.3) is 10.8 Å². The van der Waals surface area contributed by atoms with Gasteiger partial charge in [-0.2, -0.15) is 0 Å². The number of rotatable bonds is 4. The molecule has 4 aromatic carbocycles. The summed E-state index contributed by atoms with van der Waals surface area (Å²) in [5, 5.41) is 7.02. The Bertz CT molecular complexity index is 1410. The van der Waals surface area contributed by atoms with Crippen molar-refractivity contribution < 1.29 is 18.3 Å². The first-order chi connectivity index (χ1) is 16.2. The molecule has 172 valence electrons. The molecule has 0 bridgehead atoms. The highest BCUT2D eigenvalue weighted by atomic mass is 35.5. The van der Waals surface area contributed by atoms with Gasteiger partial charge in [0.1, 0.15) is 17.2 Å². The number of amides is 1. The molecule has 0 aliphatic rings. The summed E-state index contributed by atoms with van der Waals surface area (Å²) >= 11 is 24.2. The van der Waals surface area contributed by atoms with E-state index in [1.54, 1.807) is 6.07 Å². The summed E-state index contributed by atoms with van der Waals surface area (Å²) < 4.78 is 33.6. The number of ether oxygens (including phenoxy) is 1. The van der Waals surface area contributed by atoms with Crippen LogP contribution in [0.5, 0.6) is 11.5 Å². The molecule has 1 amide bonds. The highest BCUT2D eigenvalue weighted by molar-refractivity contribution is 7.80. The summed E-state index contributed by atoms with van der Waals surface area (Å²) in [7, 11) is 0. The zero-order chi connectivity index (χ0) is 24.4. The molecular formula is C24H13Cl3F2N2O2S.